The van der Waals surface area contributed by atoms with Crippen molar-refractivity contribution in [2.75, 3.05) is 26.2 Å². The fraction of sp³-hybridized carbons (Fsp3) is 0.632. The first kappa shape index (κ1) is 19.3. The van der Waals surface area contributed by atoms with E-state index in [-0.39, 0.29) is 18.9 Å². The first-order valence-electron chi connectivity index (χ1n) is 9.63. The molecule has 1 heterocycles. The molecule has 7 heteroatoms. The maximum Gasteiger partial charge on any atom is 0.240 e. The third-order valence-electron chi connectivity index (χ3n) is 5.31. The molecule has 0 spiro atoms. The molecule has 1 fully saturated rings. The maximum atomic E-state index is 12.4. The number of carbonyl (C=O) groups excluding carboxylic acids is 1. The average Bonchev–Trinajstić information content (AvgIpc) is 3.14. The first-order chi connectivity index (χ1) is 12.5. The Kier molecular flexibility index (Phi) is 6.67. The van der Waals surface area contributed by atoms with Gasteiger partial charge in [-0.15, -0.1) is 0 Å². The Hall–Kier alpha value is -1.44. The number of rotatable bonds is 8. The summed E-state index contributed by atoms with van der Waals surface area (Å²) in [7, 11) is -3.56. The van der Waals surface area contributed by atoms with Crippen molar-refractivity contribution >= 4 is 15.9 Å². The van der Waals surface area contributed by atoms with Gasteiger partial charge in [0.15, 0.2) is 0 Å². The molecular formula is C19H29N3O3S. The molecule has 1 amide bonds. The van der Waals surface area contributed by atoms with E-state index in [2.05, 4.69) is 15.4 Å². The van der Waals surface area contributed by atoms with Gasteiger partial charge in [0.05, 0.1) is 4.90 Å². The highest BCUT2D eigenvalue weighted by molar-refractivity contribution is 7.89. The van der Waals surface area contributed by atoms with Gasteiger partial charge >= 0.3 is 0 Å². The predicted octanol–water partition coefficient (Wildman–Crippen LogP) is 1.35. The molecule has 1 atom stereocenters. The second-order valence-corrected chi connectivity index (χ2v) is 9.05. The van der Waals surface area contributed by atoms with E-state index >= 15 is 0 Å². The van der Waals surface area contributed by atoms with Crippen LogP contribution in [0.5, 0.6) is 0 Å². The molecule has 6 nitrogen and oxygen atoms in total. The minimum absolute atomic E-state index is 0.107. The standard InChI is InChI=1S/C19H29N3O3S/c23-19(21-11-8-15-7-10-20-14-15)9-12-22-26(24,25)18-6-5-16-3-1-2-4-17(16)13-18/h5-6,13,15,20,22H,1-4,7-12,14H2,(H,21,23). The molecule has 26 heavy (non-hydrogen) atoms. The summed E-state index contributed by atoms with van der Waals surface area (Å²) in [5.41, 5.74) is 2.39. The first-order valence-corrected chi connectivity index (χ1v) is 11.1. The van der Waals surface area contributed by atoms with Gasteiger partial charge in [0.25, 0.3) is 0 Å². The Labute approximate surface area is 156 Å². The normalized spacial score (nSPS) is 19.9. The van der Waals surface area contributed by atoms with Crippen LogP contribution >= 0.6 is 0 Å². The van der Waals surface area contributed by atoms with Crippen molar-refractivity contribution in [3.8, 4) is 0 Å². The number of benzene rings is 1. The highest BCUT2D eigenvalue weighted by Crippen LogP contribution is 2.24. The molecule has 1 saturated heterocycles. The van der Waals surface area contributed by atoms with Crippen molar-refractivity contribution < 1.29 is 13.2 Å². The summed E-state index contributed by atoms with van der Waals surface area (Å²) < 4.78 is 27.4. The Morgan fingerprint density at radius 2 is 1.96 bits per heavy atom. The zero-order valence-electron chi connectivity index (χ0n) is 15.2. The van der Waals surface area contributed by atoms with Crippen LogP contribution in [0.1, 0.15) is 43.2 Å². The van der Waals surface area contributed by atoms with Crippen LogP contribution in [0.4, 0.5) is 0 Å². The van der Waals surface area contributed by atoms with E-state index in [0.29, 0.717) is 17.4 Å². The SMILES string of the molecule is O=C(CCNS(=O)(=O)c1ccc2c(c1)CCCC2)NCCC1CCNC1. The molecule has 1 aromatic rings. The molecule has 1 unspecified atom stereocenters. The van der Waals surface area contributed by atoms with E-state index in [1.807, 2.05) is 6.07 Å². The van der Waals surface area contributed by atoms with Crippen LogP contribution in [0.25, 0.3) is 0 Å². The molecule has 0 aromatic heterocycles. The lowest BCUT2D eigenvalue weighted by atomic mass is 9.92. The quantitative estimate of drug-likeness (QED) is 0.636. The zero-order valence-corrected chi connectivity index (χ0v) is 16.0. The molecule has 144 valence electrons. The van der Waals surface area contributed by atoms with Gasteiger partial charge in [-0.25, -0.2) is 13.1 Å². The van der Waals surface area contributed by atoms with Gasteiger partial charge in [0.2, 0.25) is 15.9 Å². The number of hydrogen-bond donors (Lipinski definition) is 3. The van der Waals surface area contributed by atoms with Gasteiger partial charge < -0.3 is 10.6 Å². The van der Waals surface area contributed by atoms with Crippen LogP contribution in [-0.4, -0.2) is 40.5 Å². The molecule has 3 N–H and O–H groups in total. The van der Waals surface area contributed by atoms with Crippen LogP contribution in [0.3, 0.4) is 0 Å². The Balaban J connectivity index is 1.42. The van der Waals surface area contributed by atoms with E-state index in [0.717, 1.165) is 50.8 Å². The van der Waals surface area contributed by atoms with E-state index in [1.54, 1.807) is 12.1 Å². The van der Waals surface area contributed by atoms with Gasteiger partial charge in [0, 0.05) is 19.5 Å². The lowest BCUT2D eigenvalue weighted by Crippen LogP contribution is -2.32. The lowest BCUT2D eigenvalue weighted by molar-refractivity contribution is -0.120. The maximum absolute atomic E-state index is 12.4. The van der Waals surface area contributed by atoms with E-state index < -0.39 is 10.0 Å². The Bertz CT molecular complexity index is 728. The van der Waals surface area contributed by atoms with Crippen molar-refractivity contribution in [2.45, 2.75) is 49.8 Å². The van der Waals surface area contributed by atoms with Gasteiger partial charge in [0.1, 0.15) is 0 Å². The van der Waals surface area contributed by atoms with Crippen LogP contribution < -0.4 is 15.4 Å². The van der Waals surface area contributed by atoms with Crippen molar-refractivity contribution in [3.05, 3.63) is 29.3 Å². The number of fused-ring (bicyclic) bond motifs is 1. The smallest absolute Gasteiger partial charge is 0.240 e. The Morgan fingerprint density at radius 3 is 2.73 bits per heavy atom. The number of amides is 1. The van der Waals surface area contributed by atoms with Crippen LogP contribution in [0.15, 0.2) is 23.1 Å². The average molecular weight is 380 g/mol. The molecule has 0 bridgehead atoms. The highest BCUT2D eigenvalue weighted by atomic mass is 32.2. The third kappa shape index (κ3) is 5.28. The Morgan fingerprint density at radius 1 is 1.15 bits per heavy atom. The summed E-state index contributed by atoms with van der Waals surface area (Å²) >= 11 is 0. The molecule has 3 rings (SSSR count). The molecule has 1 aromatic carbocycles. The largest absolute Gasteiger partial charge is 0.356 e. The molecule has 1 aliphatic heterocycles. The topological polar surface area (TPSA) is 87.3 Å². The van der Waals surface area contributed by atoms with Gasteiger partial charge in [-0.1, -0.05) is 6.07 Å². The predicted molar refractivity (Wildman–Crippen MR) is 101 cm³/mol. The number of sulfonamides is 1. The lowest BCUT2D eigenvalue weighted by Gasteiger charge is -2.16. The number of carbonyl (C=O) groups is 1. The number of hydrogen-bond acceptors (Lipinski definition) is 4. The van der Waals surface area contributed by atoms with Crippen LogP contribution in [-0.2, 0) is 27.7 Å². The summed E-state index contributed by atoms with van der Waals surface area (Å²) in [4.78, 5) is 12.2. The van der Waals surface area contributed by atoms with Crippen molar-refractivity contribution in [2.24, 2.45) is 5.92 Å². The highest BCUT2D eigenvalue weighted by Gasteiger charge is 2.18. The molecule has 2 aliphatic rings. The second kappa shape index (κ2) is 8.97. The zero-order chi connectivity index (χ0) is 18.4. The fourth-order valence-corrected chi connectivity index (χ4v) is 4.81. The van der Waals surface area contributed by atoms with Gasteiger partial charge in [-0.05, 0) is 80.8 Å². The van der Waals surface area contributed by atoms with E-state index in [9.17, 15) is 13.2 Å². The van der Waals surface area contributed by atoms with Crippen molar-refractivity contribution in [1.82, 2.24) is 15.4 Å². The summed E-state index contributed by atoms with van der Waals surface area (Å²) in [5.74, 6) is 0.530. The molecular weight excluding hydrogens is 350 g/mol. The fourth-order valence-electron chi connectivity index (χ4n) is 3.72. The van der Waals surface area contributed by atoms with Crippen LogP contribution in [0.2, 0.25) is 0 Å². The summed E-state index contributed by atoms with van der Waals surface area (Å²) in [5, 5.41) is 6.18. The van der Waals surface area contributed by atoms with Crippen LogP contribution in [0, 0.1) is 5.92 Å². The van der Waals surface area contributed by atoms with E-state index in [1.165, 1.54) is 12.0 Å². The minimum Gasteiger partial charge on any atom is -0.356 e. The second-order valence-electron chi connectivity index (χ2n) is 7.28. The molecule has 1 aliphatic carbocycles. The molecule has 0 radical (unpaired) electrons. The van der Waals surface area contributed by atoms with E-state index in [4.69, 9.17) is 0 Å². The van der Waals surface area contributed by atoms with Gasteiger partial charge in [-0.3, -0.25) is 4.79 Å². The summed E-state index contributed by atoms with van der Waals surface area (Å²) in [6.07, 6.45) is 6.55. The number of nitrogens with one attached hydrogen (secondary N) is 3. The van der Waals surface area contributed by atoms with Crippen molar-refractivity contribution in [3.63, 3.8) is 0 Å². The molecule has 0 saturated carbocycles. The monoisotopic (exact) mass is 379 g/mol. The van der Waals surface area contributed by atoms with Crippen molar-refractivity contribution in [1.29, 1.82) is 0 Å². The minimum atomic E-state index is -3.56. The summed E-state index contributed by atoms with van der Waals surface area (Å²) in [6, 6.07) is 5.38. The third-order valence-corrected chi connectivity index (χ3v) is 6.77. The summed E-state index contributed by atoms with van der Waals surface area (Å²) in [6.45, 7) is 2.86. The van der Waals surface area contributed by atoms with Gasteiger partial charge in [-0.2, -0.15) is 0 Å². The number of aryl methyl sites for hydroxylation is 2.